The first-order valence-electron chi connectivity index (χ1n) is 16.1. The molecule has 6 heteroatoms. The molecule has 2 saturated carbocycles. The highest BCUT2D eigenvalue weighted by Crippen LogP contribution is 2.43. The topological polar surface area (TPSA) is 71.1 Å². The highest BCUT2D eigenvalue weighted by Gasteiger charge is 2.26. The monoisotopic (exact) mass is 574 g/mol. The molecule has 0 aromatic heterocycles. The molecule has 0 aliphatic heterocycles. The van der Waals surface area contributed by atoms with E-state index in [9.17, 15) is 9.59 Å². The first kappa shape index (κ1) is 30.2. The van der Waals surface area contributed by atoms with Crippen molar-refractivity contribution in [1.29, 1.82) is 0 Å². The van der Waals surface area contributed by atoms with E-state index in [4.69, 9.17) is 18.9 Å². The highest BCUT2D eigenvalue weighted by atomic mass is 16.6. The van der Waals surface area contributed by atoms with Crippen molar-refractivity contribution in [2.24, 2.45) is 11.8 Å². The quantitative estimate of drug-likeness (QED) is 0.169. The SMILES string of the molecule is CCc1ccc2c(OCC(=O)OC(C)C3CCCCC3)c3ccccc3c(OCC(=O)OC(C)C3CCCCC3)c2c1. The van der Waals surface area contributed by atoms with Crippen LogP contribution in [0, 0.1) is 11.8 Å². The van der Waals surface area contributed by atoms with E-state index in [0.717, 1.165) is 59.2 Å². The molecule has 226 valence electrons. The smallest absolute Gasteiger partial charge is 0.344 e. The summed E-state index contributed by atoms with van der Waals surface area (Å²) in [5.41, 5.74) is 1.14. The maximum Gasteiger partial charge on any atom is 0.344 e. The number of ether oxygens (including phenoxy) is 4. The Hall–Kier alpha value is -3.28. The van der Waals surface area contributed by atoms with E-state index < -0.39 is 0 Å². The van der Waals surface area contributed by atoms with Gasteiger partial charge in [-0.3, -0.25) is 0 Å². The van der Waals surface area contributed by atoms with Gasteiger partial charge in [0.2, 0.25) is 0 Å². The lowest BCUT2D eigenvalue weighted by Crippen LogP contribution is -2.28. The molecule has 2 atom stereocenters. The predicted octanol–water partition coefficient (Wildman–Crippen LogP) is 8.34. The Bertz CT molecular complexity index is 1370. The fourth-order valence-corrected chi connectivity index (χ4v) is 6.82. The Morgan fingerprint density at radius 1 is 0.667 bits per heavy atom. The van der Waals surface area contributed by atoms with Crippen molar-refractivity contribution in [2.75, 3.05) is 13.2 Å². The lowest BCUT2D eigenvalue weighted by molar-refractivity contribution is -0.154. The molecule has 0 bridgehead atoms. The van der Waals surface area contributed by atoms with Crippen molar-refractivity contribution < 1.29 is 28.5 Å². The zero-order chi connectivity index (χ0) is 29.5. The van der Waals surface area contributed by atoms with Crippen LogP contribution in [0.25, 0.3) is 21.5 Å². The molecule has 2 aliphatic rings. The second-order valence-electron chi connectivity index (χ2n) is 12.2. The molecule has 2 aliphatic carbocycles. The molecule has 2 fully saturated rings. The second-order valence-corrected chi connectivity index (χ2v) is 12.2. The molecule has 0 radical (unpaired) electrons. The average molecular weight is 575 g/mol. The van der Waals surface area contributed by atoms with Gasteiger partial charge in [0.05, 0.1) is 0 Å². The number of esters is 2. The van der Waals surface area contributed by atoms with Crippen LogP contribution in [-0.2, 0) is 25.5 Å². The normalized spacial score (nSPS) is 18.0. The van der Waals surface area contributed by atoms with Crippen LogP contribution in [0.1, 0.15) is 90.5 Å². The number of carbonyl (C=O) groups is 2. The average Bonchev–Trinajstić information content (AvgIpc) is 3.03. The number of carbonyl (C=O) groups excluding carboxylic acids is 2. The van der Waals surface area contributed by atoms with Gasteiger partial charge in [-0.1, -0.05) is 81.8 Å². The van der Waals surface area contributed by atoms with Gasteiger partial charge < -0.3 is 18.9 Å². The molecular weight excluding hydrogens is 528 g/mol. The van der Waals surface area contributed by atoms with Gasteiger partial charge in [0, 0.05) is 21.5 Å². The molecule has 5 rings (SSSR count). The van der Waals surface area contributed by atoms with Crippen molar-refractivity contribution in [1.82, 2.24) is 0 Å². The van der Waals surface area contributed by atoms with Gasteiger partial charge >= 0.3 is 11.9 Å². The van der Waals surface area contributed by atoms with Gasteiger partial charge in [-0.25, -0.2) is 9.59 Å². The molecule has 3 aromatic rings. The molecule has 42 heavy (non-hydrogen) atoms. The number of hydrogen-bond acceptors (Lipinski definition) is 6. The number of benzene rings is 3. The molecule has 0 heterocycles. The third-order valence-electron chi connectivity index (χ3n) is 9.33. The van der Waals surface area contributed by atoms with E-state index >= 15 is 0 Å². The Kier molecular flexibility index (Phi) is 10.2. The summed E-state index contributed by atoms with van der Waals surface area (Å²) in [6.07, 6.45) is 12.4. The van der Waals surface area contributed by atoms with Gasteiger partial charge in [-0.05, 0) is 69.4 Å². The fourth-order valence-electron chi connectivity index (χ4n) is 6.82. The lowest BCUT2D eigenvalue weighted by atomic mass is 9.86. The third-order valence-corrected chi connectivity index (χ3v) is 9.33. The zero-order valence-corrected chi connectivity index (χ0v) is 25.5. The minimum atomic E-state index is -0.356. The first-order valence-corrected chi connectivity index (χ1v) is 16.1. The largest absolute Gasteiger partial charge is 0.481 e. The minimum absolute atomic E-state index is 0.113. The highest BCUT2D eigenvalue weighted by molar-refractivity contribution is 6.11. The van der Waals surface area contributed by atoms with E-state index in [1.54, 1.807) is 0 Å². The number of fused-ring (bicyclic) bond motifs is 2. The summed E-state index contributed by atoms with van der Waals surface area (Å²) in [4.78, 5) is 25.8. The van der Waals surface area contributed by atoms with Gasteiger partial charge in [-0.15, -0.1) is 0 Å². The van der Waals surface area contributed by atoms with Crippen LogP contribution in [-0.4, -0.2) is 37.4 Å². The minimum Gasteiger partial charge on any atom is -0.481 e. The van der Waals surface area contributed by atoms with Gasteiger partial charge in [-0.2, -0.15) is 0 Å². The standard InChI is InChI=1S/C36H46O6/c1-4-26-19-20-31-32(21-26)36(40-23-34(38)42-25(3)28-15-9-6-10-16-28)30-18-12-11-17-29(30)35(31)39-22-33(37)41-24(2)27-13-7-5-8-14-27/h11-12,17-21,24-25,27-28H,4-10,13-16,22-23H2,1-3H3. The molecule has 2 unspecified atom stereocenters. The van der Waals surface area contributed by atoms with Crippen LogP contribution in [0.4, 0.5) is 0 Å². The predicted molar refractivity (Wildman–Crippen MR) is 166 cm³/mol. The Morgan fingerprint density at radius 2 is 1.12 bits per heavy atom. The van der Waals surface area contributed by atoms with Crippen molar-refractivity contribution >= 4 is 33.5 Å². The molecule has 6 nitrogen and oxygen atoms in total. The molecule has 0 spiro atoms. The zero-order valence-electron chi connectivity index (χ0n) is 25.5. The van der Waals surface area contributed by atoms with Crippen LogP contribution >= 0.6 is 0 Å². The number of rotatable bonds is 11. The first-order chi connectivity index (χ1) is 20.4. The van der Waals surface area contributed by atoms with Crippen molar-refractivity contribution in [3.05, 3.63) is 48.0 Å². The van der Waals surface area contributed by atoms with E-state index in [1.807, 2.05) is 44.2 Å². The van der Waals surface area contributed by atoms with Crippen molar-refractivity contribution in [2.45, 2.75) is 104 Å². The molecular formula is C36H46O6. The summed E-state index contributed by atoms with van der Waals surface area (Å²) >= 11 is 0. The van der Waals surface area contributed by atoms with E-state index in [-0.39, 0.29) is 37.4 Å². The summed E-state index contributed by atoms with van der Waals surface area (Å²) < 4.78 is 24.1. The van der Waals surface area contributed by atoms with Crippen LogP contribution < -0.4 is 9.47 Å². The lowest BCUT2D eigenvalue weighted by Gasteiger charge is -2.27. The molecule has 0 N–H and O–H groups in total. The van der Waals surface area contributed by atoms with Crippen LogP contribution in [0.2, 0.25) is 0 Å². The number of hydrogen-bond donors (Lipinski definition) is 0. The van der Waals surface area contributed by atoms with Crippen LogP contribution in [0.5, 0.6) is 11.5 Å². The van der Waals surface area contributed by atoms with E-state index in [0.29, 0.717) is 23.3 Å². The van der Waals surface area contributed by atoms with Gasteiger partial charge in [0.1, 0.15) is 23.7 Å². The fraction of sp³-hybridized carbons (Fsp3) is 0.556. The molecule has 3 aromatic carbocycles. The number of aryl methyl sites for hydroxylation is 1. The van der Waals surface area contributed by atoms with E-state index in [2.05, 4.69) is 19.1 Å². The van der Waals surface area contributed by atoms with Crippen LogP contribution in [0.3, 0.4) is 0 Å². The Labute approximate surface area is 250 Å². The van der Waals surface area contributed by atoms with E-state index in [1.165, 1.54) is 38.5 Å². The second kappa shape index (κ2) is 14.3. The summed E-state index contributed by atoms with van der Waals surface area (Å²) in [5, 5.41) is 3.32. The van der Waals surface area contributed by atoms with Crippen molar-refractivity contribution in [3.8, 4) is 11.5 Å². The van der Waals surface area contributed by atoms with Gasteiger partial charge in [0.25, 0.3) is 0 Å². The summed E-state index contributed by atoms with van der Waals surface area (Å²) in [5.74, 6) is 1.37. The maximum atomic E-state index is 12.9. The van der Waals surface area contributed by atoms with Crippen LogP contribution in [0.15, 0.2) is 42.5 Å². The Balaban J connectivity index is 1.36. The Morgan fingerprint density at radius 3 is 1.60 bits per heavy atom. The third kappa shape index (κ3) is 7.19. The summed E-state index contributed by atoms with van der Waals surface area (Å²) in [7, 11) is 0. The molecule has 0 saturated heterocycles. The maximum absolute atomic E-state index is 12.9. The molecule has 0 amide bonds. The summed E-state index contributed by atoms with van der Waals surface area (Å²) in [6.45, 7) is 5.76. The van der Waals surface area contributed by atoms with Crippen molar-refractivity contribution in [3.63, 3.8) is 0 Å². The van der Waals surface area contributed by atoms with Gasteiger partial charge in [0.15, 0.2) is 13.2 Å². The summed E-state index contributed by atoms with van der Waals surface area (Å²) in [6, 6.07) is 14.0.